The molecule has 1 N–H and O–H groups in total. The van der Waals surface area contributed by atoms with Crippen LogP contribution in [0.15, 0.2) is 39.9 Å². The van der Waals surface area contributed by atoms with Gasteiger partial charge >= 0.3 is 5.97 Å². The summed E-state index contributed by atoms with van der Waals surface area (Å²) in [6, 6.07) is 2.98. The zero-order valence-corrected chi connectivity index (χ0v) is 33.2. The number of fused-ring (bicyclic) bond motifs is 3. The van der Waals surface area contributed by atoms with Gasteiger partial charge in [0, 0.05) is 33.4 Å². The third-order valence-electron chi connectivity index (χ3n) is 10.8. The molecule has 1 saturated heterocycles. The topological polar surface area (TPSA) is 149 Å². The lowest BCUT2D eigenvalue weighted by atomic mass is 9.77. The number of ketones is 1. The third kappa shape index (κ3) is 7.93. The van der Waals surface area contributed by atoms with Crippen LogP contribution in [-0.2, 0) is 40.4 Å². The number of aromatic nitrogens is 1. The number of esters is 1. The van der Waals surface area contributed by atoms with E-state index in [1.165, 1.54) is 4.90 Å². The first kappa shape index (κ1) is 37.9. The molecule has 0 radical (unpaired) electrons. The number of aryl methyl sites for hydroxylation is 1. The number of Topliss-reactive ketones (excluding diaryl/α,β-unsaturated/α-hetero) is 1. The number of hydrogen-bond acceptors (Lipinski definition) is 9. The van der Waals surface area contributed by atoms with Crippen molar-refractivity contribution in [2.24, 2.45) is 22.7 Å². The van der Waals surface area contributed by atoms with Gasteiger partial charge in [0.2, 0.25) is 27.7 Å². The number of ether oxygens (including phenoxy) is 2. The molecule has 0 spiro atoms. The van der Waals surface area contributed by atoms with Crippen molar-refractivity contribution in [3.8, 4) is 5.88 Å². The first-order chi connectivity index (χ1) is 24.1. The first-order valence-corrected chi connectivity index (χ1v) is 20.8. The summed E-state index contributed by atoms with van der Waals surface area (Å²) in [5.74, 6) is -2.78. The number of benzene rings is 1. The van der Waals surface area contributed by atoms with E-state index in [1.807, 2.05) is 26.8 Å². The van der Waals surface area contributed by atoms with Crippen LogP contribution >= 0.6 is 31.9 Å². The zero-order valence-electron chi connectivity index (χ0n) is 29.2. The Morgan fingerprint density at radius 2 is 1.92 bits per heavy atom. The molecule has 5 atom stereocenters. The van der Waals surface area contributed by atoms with Crippen LogP contribution < -0.4 is 9.46 Å². The number of nitrogens with one attached hydrogen (secondary N) is 1. The summed E-state index contributed by atoms with van der Waals surface area (Å²) in [6.07, 6.45) is 6.70. The first-order valence-electron chi connectivity index (χ1n) is 17.7. The van der Waals surface area contributed by atoms with E-state index < -0.39 is 62.0 Å². The molecule has 4 aliphatic rings. The number of carbonyl (C=O) groups excluding carboxylic acids is 4. The molecule has 3 heterocycles. The molecular formula is C37H45Br2N3O8S. The highest BCUT2D eigenvalue weighted by Gasteiger charge is 2.61. The summed E-state index contributed by atoms with van der Waals surface area (Å²) >= 11 is 7.53. The van der Waals surface area contributed by atoms with E-state index in [-0.39, 0.29) is 50.5 Å². The molecule has 2 aliphatic carbocycles. The van der Waals surface area contributed by atoms with Crippen molar-refractivity contribution in [3.05, 3.63) is 45.5 Å². The van der Waals surface area contributed by atoms with Crippen molar-refractivity contribution < 1.29 is 37.1 Å². The Hall–Kier alpha value is -2.84. The Kier molecular flexibility index (Phi) is 10.8. The molecule has 2 saturated carbocycles. The van der Waals surface area contributed by atoms with Gasteiger partial charge in [-0.05, 0) is 89.9 Å². The molecule has 2 aromatic rings. The highest BCUT2D eigenvalue weighted by atomic mass is 79.9. The van der Waals surface area contributed by atoms with Gasteiger partial charge in [-0.2, -0.15) is 0 Å². The maximum atomic E-state index is 14.5. The predicted octanol–water partition coefficient (Wildman–Crippen LogP) is 6.19. The monoisotopic (exact) mass is 849 g/mol. The van der Waals surface area contributed by atoms with Gasteiger partial charge < -0.3 is 14.4 Å². The molecule has 0 unspecified atom stereocenters. The Bertz CT molecular complexity index is 1870. The summed E-state index contributed by atoms with van der Waals surface area (Å²) in [4.78, 5) is 61.7. The fourth-order valence-corrected chi connectivity index (χ4v) is 10.1. The quantitative estimate of drug-likeness (QED) is 0.254. The molecule has 3 fully saturated rings. The van der Waals surface area contributed by atoms with Crippen molar-refractivity contribution in [2.75, 3.05) is 13.2 Å². The van der Waals surface area contributed by atoms with Crippen LogP contribution in [0.25, 0.3) is 10.8 Å². The minimum atomic E-state index is -3.84. The third-order valence-corrected chi connectivity index (χ3v) is 14.2. The molecule has 276 valence electrons. The largest absolute Gasteiger partial charge is 0.472 e. The Balaban J connectivity index is 1.36. The molecule has 2 amide bonds. The Morgan fingerprint density at radius 1 is 1.18 bits per heavy atom. The second-order valence-corrected chi connectivity index (χ2v) is 19.1. The fourth-order valence-electron chi connectivity index (χ4n) is 7.45. The second kappa shape index (κ2) is 14.5. The van der Waals surface area contributed by atoms with Crippen molar-refractivity contribution in [2.45, 2.75) is 102 Å². The van der Waals surface area contributed by atoms with Gasteiger partial charge in [0.05, 0.1) is 47.6 Å². The van der Waals surface area contributed by atoms with Crippen LogP contribution in [0.2, 0.25) is 0 Å². The number of amides is 2. The molecule has 51 heavy (non-hydrogen) atoms. The average molecular weight is 852 g/mol. The number of allylic oxidation sites excluding steroid dienone is 1. The van der Waals surface area contributed by atoms with E-state index in [0.29, 0.717) is 25.1 Å². The van der Waals surface area contributed by atoms with Gasteiger partial charge in [0.15, 0.2) is 5.78 Å². The molecule has 1 aromatic carbocycles. The summed E-state index contributed by atoms with van der Waals surface area (Å²) in [7, 11) is -3.84. The van der Waals surface area contributed by atoms with Crippen molar-refractivity contribution in [1.29, 1.82) is 0 Å². The summed E-state index contributed by atoms with van der Waals surface area (Å²) in [6.45, 7) is 9.74. The van der Waals surface area contributed by atoms with Crippen LogP contribution in [0.3, 0.4) is 0 Å². The lowest BCUT2D eigenvalue weighted by molar-refractivity contribution is -0.153. The Labute approximate surface area is 316 Å². The van der Waals surface area contributed by atoms with Gasteiger partial charge in [0.1, 0.15) is 6.10 Å². The number of pyridine rings is 1. The number of cyclic esters (lactones) is 1. The molecule has 6 rings (SSSR count). The summed E-state index contributed by atoms with van der Waals surface area (Å²) in [5, 5.41) is 1.06. The van der Waals surface area contributed by atoms with Crippen LogP contribution in [0.4, 0.5) is 0 Å². The number of sulfonamides is 1. The van der Waals surface area contributed by atoms with E-state index in [0.717, 1.165) is 44.5 Å². The van der Waals surface area contributed by atoms with Gasteiger partial charge in [-0.15, -0.1) is 6.58 Å². The molecule has 1 aromatic heterocycles. The maximum absolute atomic E-state index is 14.5. The zero-order chi connectivity index (χ0) is 36.9. The minimum absolute atomic E-state index is 0.0492. The lowest BCUT2D eigenvalue weighted by Crippen LogP contribution is -2.48. The Morgan fingerprint density at radius 3 is 2.59 bits per heavy atom. The standard InChI is InChI=1S/C37H45Br2N3O8S/c1-5-22-18-37(22,35(46)41-51(47,48)24-10-11-24)19-29(43)28-16-23-20-42(28)34(45)26(36(2,3)4)17-30(44)49-14-8-6-7-9-21-15-27(38)25-12-13-40-33(50-23)31(25)32(21)39/h5,12-13,15,22-24,26,28H,1,6-11,14,16-20H2,2-4H3,(H,41,46)/t22-,23+,26+,28-,37+/m0/s1. The predicted molar refractivity (Wildman–Crippen MR) is 198 cm³/mol. The van der Waals surface area contributed by atoms with E-state index in [9.17, 15) is 27.6 Å². The molecule has 4 bridgehead atoms. The number of halogens is 2. The van der Waals surface area contributed by atoms with Crippen LogP contribution in [0.1, 0.15) is 84.1 Å². The van der Waals surface area contributed by atoms with Crippen LogP contribution in [0.5, 0.6) is 5.88 Å². The summed E-state index contributed by atoms with van der Waals surface area (Å²) < 4.78 is 41.6. The molecule has 2 aliphatic heterocycles. The van der Waals surface area contributed by atoms with Gasteiger partial charge in [-0.3, -0.25) is 23.9 Å². The number of hydrogen-bond donors (Lipinski definition) is 1. The van der Waals surface area contributed by atoms with E-state index in [4.69, 9.17) is 9.47 Å². The SMILES string of the molecule is C=C[C@H]1C[C@]1(CC(=O)[C@@H]1C[C@@H]2CN1C(=O)[C@H](C(C)(C)C)CC(=O)OCCCCCc1cc(Br)c3ccnc(c3c1Br)O2)C(=O)NS(=O)(=O)C1CC1. The minimum Gasteiger partial charge on any atom is -0.472 e. The molecule has 11 nitrogen and oxygen atoms in total. The van der Waals surface area contributed by atoms with Gasteiger partial charge in [-0.1, -0.05) is 42.8 Å². The van der Waals surface area contributed by atoms with Crippen molar-refractivity contribution in [1.82, 2.24) is 14.6 Å². The van der Waals surface area contributed by atoms with Gasteiger partial charge in [0.25, 0.3) is 0 Å². The molecule has 14 heteroatoms. The number of nitrogens with zero attached hydrogens (tertiary/aromatic N) is 2. The highest BCUT2D eigenvalue weighted by molar-refractivity contribution is 9.11. The normalized spacial score (nSPS) is 27.7. The number of rotatable bonds is 7. The van der Waals surface area contributed by atoms with E-state index >= 15 is 0 Å². The molecular weight excluding hydrogens is 806 g/mol. The summed E-state index contributed by atoms with van der Waals surface area (Å²) in [5.41, 5.74) is -0.876. The second-order valence-electron chi connectivity index (χ2n) is 15.5. The number of carbonyl (C=O) groups is 4. The van der Waals surface area contributed by atoms with Crippen molar-refractivity contribution >= 4 is 76.2 Å². The van der Waals surface area contributed by atoms with E-state index in [1.54, 1.807) is 12.3 Å². The van der Waals surface area contributed by atoms with Crippen molar-refractivity contribution in [3.63, 3.8) is 0 Å². The smallest absolute Gasteiger partial charge is 0.306 e. The van der Waals surface area contributed by atoms with E-state index in [2.05, 4.69) is 54.2 Å². The fraction of sp³-hybridized carbons (Fsp3) is 0.595. The van der Waals surface area contributed by atoms with Crippen LogP contribution in [0, 0.1) is 22.7 Å². The highest BCUT2D eigenvalue weighted by Crippen LogP contribution is 2.57. The average Bonchev–Trinajstić information content (AvgIpc) is 3.99. The lowest BCUT2D eigenvalue weighted by Gasteiger charge is -2.34. The van der Waals surface area contributed by atoms with Gasteiger partial charge in [-0.25, -0.2) is 13.4 Å². The van der Waals surface area contributed by atoms with Crippen LogP contribution in [-0.4, -0.2) is 72.4 Å². The maximum Gasteiger partial charge on any atom is 0.306 e.